The van der Waals surface area contributed by atoms with E-state index >= 15 is 0 Å². The third kappa shape index (κ3) is 2.13. The van der Waals surface area contributed by atoms with E-state index in [2.05, 4.69) is 0 Å². The van der Waals surface area contributed by atoms with Crippen molar-refractivity contribution in [3.05, 3.63) is 34.9 Å². The van der Waals surface area contributed by atoms with Crippen LogP contribution < -0.4 is 0 Å². The molecule has 0 aliphatic carbocycles. The van der Waals surface area contributed by atoms with Gasteiger partial charge < -0.3 is 9.84 Å². The Morgan fingerprint density at radius 3 is 2.67 bits per heavy atom. The number of halogens is 1. The van der Waals surface area contributed by atoms with Gasteiger partial charge >= 0.3 is 5.97 Å². The lowest BCUT2D eigenvalue weighted by Crippen LogP contribution is -2.18. The summed E-state index contributed by atoms with van der Waals surface area (Å²) in [5.41, 5.74) is 0.976. The minimum absolute atomic E-state index is 0.0558. The summed E-state index contributed by atoms with van der Waals surface area (Å²) in [4.78, 5) is 11.1. The normalized spacial score (nSPS) is 25.3. The van der Waals surface area contributed by atoms with Gasteiger partial charge in [0, 0.05) is 10.9 Å². The molecular weight excluding hydrogens is 216 g/mol. The van der Waals surface area contributed by atoms with E-state index in [1.807, 2.05) is 12.1 Å². The molecule has 4 heteroatoms. The molecule has 1 aromatic carbocycles. The average molecular weight is 227 g/mol. The SMILES string of the molecule is O=C1C[C@@H](c2ccc(Cl)cc2)[C@H](CO)O1. The second kappa shape index (κ2) is 4.21. The van der Waals surface area contributed by atoms with E-state index in [9.17, 15) is 4.79 Å². The molecule has 15 heavy (non-hydrogen) atoms. The number of carbonyl (C=O) groups excluding carboxylic acids is 1. The first kappa shape index (κ1) is 10.5. The molecule has 80 valence electrons. The molecule has 0 bridgehead atoms. The van der Waals surface area contributed by atoms with Crippen molar-refractivity contribution in [3.8, 4) is 0 Å². The minimum Gasteiger partial charge on any atom is -0.459 e. The largest absolute Gasteiger partial charge is 0.459 e. The molecule has 1 aromatic rings. The fourth-order valence-electron chi connectivity index (χ4n) is 1.82. The summed E-state index contributed by atoms with van der Waals surface area (Å²) in [5.74, 6) is -0.311. The van der Waals surface area contributed by atoms with Crippen LogP contribution in [0.3, 0.4) is 0 Å². The highest BCUT2D eigenvalue weighted by Gasteiger charge is 2.35. The standard InChI is InChI=1S/C11H11ClO3/c12-8-3-1-7(2-4-8)9-5-11(14)15-10(9)6-13/h1-4,9-10,13H,5-6H2/t9-,10-/m0/s1. The lowest BCUT2D eigenvalue weighted by molar-refractivity contribution is -0.142. The van der Waals surface area contributed by atoms with Gasteiger partial charge in [-0.05, 0) is 17.7 Å². The second-order valence-corrected chi connectivity index (χ2v) is 4.01. The fourth-order valence-corrected chi connectivity index (χ4v) is 1.94. The summed E-state index contributed by atoms with van der Waals surface area (Å²) in [6.07, 6.45) is -0.0916. The van der Waals surface area contributed by atoms with E-state index in [1.165, 1.54) is 0 Å². The van der Waals surface area contributed by atoms with Crippen LogP contribution in [0.25, 0.3) is 0 Å². The molecule has 1 aliphatic rings. The molecular formula is C11H11ClO3. The predicted octanol–water partition coefficient (Wildman–Crippen LogP) is 1.73. The molecule has 0 radical (unpaired) electrons. The molecule has 1 N–H and O–H groups in total. The van der Waals surface area contributed by atoms with E-state index < -0.39 is 6.10 Å². The van der Waals surface area contributed by atoms with Gasteiger partial charge in [-0.15, -0.1) is 0 Å². The number of cyclic esters (lactones) is 1. The van der Waals surface area contributed by atoms with E-state index in [0.29, 0.717) is 11.4 Å². The van der Waals surface area contributed by atoms with Crippen LogP contribution in [0, 0.1) is 0 Å². The molecule has 0 spiro atoms. The summed E-state index contributed by atoms with van der Waals surface area (Å²) < 4.78 is 4.99. The lowest BCUT2D eigenvalue weighted by Gasteiger charge is -2.15. The topological polar surface area (TPSA) is 46.5 Å². The first-order chi connectivity index (χ1) is 7.20. The molecule has 1 heterocycles. The number of hydrogen-bond acceptors (Lipinski definition) is 3. The number of rotatable bonds is 2. The molecule has 2 rings (SSSR count). The summed E-state index contributed by atoms with van der Waals surface area (Å²) in [6.45, 7) is -0.140. The van der Waals surface area contributed by atoms with Crippen LogP contribution in [-0.2, 0) is 9.53 Å². The van der Waals surface area contributed by atoms with Crippen LogP contribution in [0.4, 0.5) is 0 Å². The van der Waals surface area contributed by atoms with Crippen molar-refractivity contribution in [2.75, 3.05) is 6.61 Å². The van der Waals surface area contributed by atoms with Crippen LogP contribution in [0.1, 0.15) is 17.9 Å². The van der Waals surface area contributed by atoms with Gasteiger partial charge in [0.1, 0.15) is 6.10 Å². The zero-order valence-corrected chi connectivity index (χ0v) is 8.78. The Bertz CT molecular complexity index is 361. The van der Waals surface area contributed by atoms with Crippen molar-refractivity contribution in [2.24, 2.45) is 0 Å². The number of esters is 1. The molecule has 1 aliphatic heterocycles. The maximum absolute atomic E-state index is 11.1. The Morgan fingerprint density at radius 1 is 1.40 bits per heavy atom. The van der Waals surface area contributed by atoms with Crippen molar-refractivity contribution < 1.29 is 14.6 Å². The van der Waals surface area contributed by atoms with Gasteiger partial charge in [0.05, 0.1) is 13.0 Å². The maximum atomic E-state index is 11.1. The van der Waals surface area contributed by atoms with E-state index in [0.717, 1.165) is 5.56 Å². The van der Waals surface area contributed by atoms with E-state index in [1.54, 1.807) is 12.1 Å². The van der Waals surface area contributed by atoms with Gasteiger partial charge in [-0.3, -0.25) is 4.79 Å². The molecule has 0 saturated carbocycles. The summed E-state index contributed by atoms with van der Waals surface area (Å²) in [6, 6.07) is 7.26. The average Bonchev–Trinajstić information content (AvgIpc) is 2.61. The second-order valence-electron chi connectivity index (χ2n) is 3.57. The van der Waals surface area contributed by atoms with E-state index in [-0.39, 0.29) is 18.5 Å². The van der Waals surface area contributed by atoms with Crippen molar-refractivity contribution in [3.63, 3.8) is 0 Å². The van der Waals surface area contributed by atoms with Crippen molar-refractivity contribution >= 4 is 17.6 Å². The molecule has 0 aromatic heterocycles. The highest BCUT2D eigenvalue weighted by Crippen LogP contribution is 2.32. The quantitative estimate of drug-likeness (QED) is 0.782. The molecule has 1 saturated heterocycles. The first-order valence-electron chi connectivity index (χ1n) is 4.76. The molecule has 0 amide bonds. The van der Waals surface area contributed by atoms with Crippen molar-refractivity contribution in [2.45, 2.75) is 18.4 Å². The van der Waals surface area contributed by atoms with Gasteiger partial charge in [0.2, 0.25) is 0 Å². The zero-order chi connectivity index (χ0) is 10.8. The van der Waals surface area contributed by atoms with Gasteiger partial charge in [0.15, 0.2) is 0 Å². The number of benzene rings is 1. The number of aliphatic hydroxyl groups is 1. The van der Waals surface area contributed by atoms with Crippen molar-refractivity contribution in [1.82, 2.24) is 0 Å². The van der Waals surface area contributed by atoms with Gasteiger partial charge in [0.25, 0.3) is 0 Å². The summed E-state index contributed by atoms with van der Waals surface area (Å²) in [5, 5.41) is 9.72. The van der Waals surface area contributed by atoms with Crippen LogP contribution in [0.5, 0.6) is 0 Å². The predicted molar refractivity (Wildman–Crippen MR) is 55.8 cm³/mol. The zero-order valence-electron chi connectivity index (χ0n) is 8.02. The monoisotopic (exact) mass is 226 g/mol. The Balaban J connectivity index is 2.22. The summed E-state index contributed by atoms with van der Waals surface area (Å²) in [7, 11) is 0. The minimum atomic E-state index is -0.418. The number of aliphatic hydroxyl groups excluding tert-OH is 1. The van der Waals surface area contributed by atoms with Crippen molar-refractivity contribution in [1.29, 1.82) is 0 Å². The number of ether oxygens (including phenoxy) is 1. The highest BCUT2D eigenvalue weighted by molar-refractivity contribution is 6.30. The van der Waals surface area contributed by atoms with Crippen LogP contribution >= 0.6 is 11.6 Å². The number of carbonyl (C=O) groups is 1. The van der Waals surface area contributed by atoms with Gasteiger partial charge in [-0.25, -0.2) is 0 Å². The smallest absolute Gasteiger partial charge is 0.306 e. The Kier molecular flexibility index (Phi) is 2.93. The summed E-state index contributed by atoms with van der Waals surface area (Å²) >= 11 is 5.77. The first-order valence-corrected chi connectivity index (χ1v) is 5.14. The highest BCUT2D eigenvalue weighted by atomic mass is 35.5. The van der Waals surface area contributed by atoms with Gasteiger partial charge in [-0.1, -0.05) is 23.7 Å². The Labute approximate surface area is 92.6 Å². The molecule has 1 fully saturated rings. The van der Waals surface area contributed by atoms with E-state index in [4.69, 9.17) is 21.4 Å². The molecule has 2 atom stereocenters. The van der Waals surface area contributed by atoms with Crippen LogP contribution in [-0.4, -0.2) is 23.8 Å². The van der Waals surface area contributed by atoms with Gasteiger partial charge in [-0.2, -0.15) is 0 Å². The maximum Gasteiger partial charge on any atom is 0.306 e. The number of hydrogen-bond donors (Lipinski definition) is 1. The van der Waals surface area contributed by atoms with Crippen LogP contribution in [0.2, 0.25) is 5.02 Å². The Morgan fingerprint density at radius 2 is 2.07 bits per heavy atom. The lowest BCUT2D eigenvalue weighted by atomic mass is 9.93. The third-order valence-corrected chi connectivity index (χ3v) is 2.85. The molecule has 3 nitrogen and oxygen atoms in total. The van der Waals surface area contributed by atoms with Crippen LogP contribution in [0.15, 0.2) is 24.3 Å². The fraction of sp³-hybridized carbons (Fsp3) is 0.364. The Hall–Kier alpha value is -1.06. The third-order valence-electron chi connectivity index (χ3n) is 2.60. The molecule has 0 unspecified atom stereocenters.